The SMILES string of the molecule is CC(C)(C)OC(=O)NC(CCN1C(=O)c2ccccc2C1=O)C(=O)O. The monoisotopic (exact) mass is 348 g/mol. The van der Waals surface area contributed by atoms with Gasteiger partial charge >= 0.3 is 12.1 Å². The minimum Gasteiger partial charge on any atom is -0.480 e. The number of nitrogens with one attached hydrogen (secondary N) is 1. The Morgan fingerprint density at radius 1 is 1.16 bits per heavy atom. The van der Waals surface area contributed by atoms with Crippen molar-refractivity contribution >= 4 is 23.9 Å². The molecule has 1 aliphatic rings. The number of carboxylic acid groups (broad SMARTS) is 1. The smallest absolute Gasteiger partial charge is 0.408 e. The van der Waals surface area contributed by atoms with Crippen molar-refractivity contribution in [1.82, 2.24) is 10.2 Å². The molecule has 1 aromatic rings. The first-order chi connectivity index (χ1) is 11.6. The number of carbonyl (C=O) groups is 4. The number of nitrogens with zero attached hydrogens (tertiary/aromatic N) is 1. The number of hydrogen-bond donors (Lipinski definition) is 2. The number of hydrogen-bond acceptors (Lipinski definition) is 5. The zero-order valence-electron chi connectivity index (χ0n) is 14.2. The third kappa shape index (κ3) is 4.34. The van der Waals surface area contributed by atoms with Crippen LogP contribution in [0, 0.1) is 0 Å². The molecule has 1 heterocycles. The number of alkyl carbamates (subject to hydrolysis) is 1. The second kappa shape index (κ2) is 6.92. The first-order valence-electron chi connectivity index (χ1n) is 7.77. The van der Waals surface area contributed by atoms with Crippen LogP contribution in [0.5, 0.6) is 0 Å². The van der Waals surface area contributed by atoms with Crippen molar-refractivity contribution in [3.63, 3.8) is 0 Å². The van der Waals surface area contributed by atoms with Gasteiger partial charge in [0.25, 0.3) is 11.8 Å². The van der Waals surface area contributed by atoms with Gasteiger partial charge in [-0.3, -0.25) is 14.5 Å². The second-order valence-corrected chi connectivity index (χ2v) is 6.63. The van der Waals surface area contributed by atoms with Crippen LogP contribution in [0.3, 0.4) is 0 Å². The Balaban J connectivity index is 2.01. The van der Waals surface area contributed by atoms with Crippen molar-refractivity contribution in [2.45, 2.75) is 38.8 Å². The number of rotatable bonds is 5. The number of ether oxygens (including phenoxy) is 1. The van der Waals surface area contributed by atoms with Gasteiger partial charge in [-0.05, 0) is 39.3 Å². The zero-order chi connectivity index (χ0) is 18.8. The first-order valence-corrected chi connectivity index (χ1v) is 7.77. The first kappa shape index (κ1) is 18.4. The molecule has 1 aliphatic heterocycles. The lowest BCUT2D eigenvalue weighted by Crippen LogP contribution is -2.45. The minimum absolute atomic E-state index is 0.125. The van der Waals surface area contributed by atoms with Crippen LogP contribution in [0.1, 0.15) is 47.9 Å². The fourth-order valence-corrected chi connectivity index (χ4v) is 2.41. The summed E-state index contributed by atoms with van der Waals surface area (Å²) >= 11 is 0. The van der Waals surface area contributed by atoms with Crippen molar-refractivity contribution in [2.24, 2.45) is 0 Å². The van der Waals surface area contributed by atoms with Gasteiger partial charge in [0.05, 0.1) is 11.1 Å². The van der Waals surface area contributed by atoms with Crippen molar-refractivity contribution in [3.05, 3.63) is 35.4 Å². The molecule has 0 aromatic heterocycles. The molecule has 1 atom stereocenters. The highest BCUT2D eigenvalue weighted by Gasteiger charge is 2.36. The van der Waals surface area contributed by atoms with Crippen molar-refractivity contribution in [3.8, 4) is 0 Å². The van der Waals surface area contributed by atoms with Gasteiger partial charge in [0, 0.05) is 6.54 Å². The quantitative estimate of drug-likeness (QED) is 0.782. The number of benzene rings is 1. The Bertz CT molecular complexity index is 687. The van der Waals surface area contributed by atoms with Crippen LogP contribution in [-0.2, 0) is 9.53 Å². The summed E-state index contributed by atoms with van der Waals surface area (Å²) in [6.45, 7) is 4.84. The summed E-state index contributed by atoms with van der Waals surface area (Å²) in [6.07, 6.45) is -0.998. The molecular weight excluding hydrogens is 328 g/mol. The molecule has 0 saturated carbocycles. The molecule has 0 bridgehead atoms. The molecule has 1 aromatic carbocycles. The molecule has 0 spiro atoms. The second-order valence-electron chi connectivity index (χ2n) is 6.63. The van der Waals surface area contributed by atoms with E-state index < -0.39 is 35.5 Å². The van der Waals surface area contributed by atoms with Crippen LogP contribution in [0.2, 0.25) is 0 Å². The molecular formula is C17H20N2O6. The van der Waals surface area contributed by atoms with Gasteiger partial charge in [0.1, 0.15) is 11.6 Å². The maximum absolute atomic E-state index is 12.2. The Morgan fingerprint density at radius 3 is 2.12 bits per heavy atom. The summed E-state index contributed by atoms with van der Waals surface area (Å²) in [4.78, 5) is 48.5. The molecule has 3 amide bonds. The highest BCUT2D eigenvalue weighted by molar-refractivity contribution is 6.21. The normalized spacial score (nSPS) is 14.9. The maximum Gasteiger partial charge on any atom is 0.408 e. The van der Waals surface area contributed by atoms with Gasteiger partial charge < -0.3 is 15.2 Å². The number of carboxylic acids is 1. The maximum atomic E-state index is 12.2. The van der Waals surface area contributed by atoms with Gasteiger partial charge in [-0.1, -0.05) is 12.1 Å². The molecule has 2 N–H and O–H groups in total. The molecule has 2 rings (SSSR count). The van der Waals surface area contributed by atoms with Crippen LogP contribution >= 0.6 is 0 Å². The Labute approximate surface area is 144 Å². The zero-order valence-corrected chi connectivity index (χ0v) is 14.2. The third-order valence-corrected chi connectivity index (χ3v) is 3.51. The van der Waals surface area contributed by atoms with Crippen LogP contribution < -0.4 is 5.32 Å². The summed E-state index contributed by atoms with van der Waals surface area (Å²) in [5, 5.41) is 11.5. The number of carbonyl (C=O) groups excluding carboxylic acids is 3. The molecule has 0 fully saturated rings. The number of imide groups is 1. The van der Waals surface area contributed by atoms with E-state index in [0.717, 1.165) is 4.90 Å². The molecule has 134 valence electrons. The van der Waals surface area contributed by atoms with Gasteiger partial charge in [-0.25, -0.2) is 9.59 Å². The van der Waals surface area contributed by atoms with Crippen LogP contribution in [0.4, 0.5) is 4.79 Å². The summed E-state index contributed by atoms with van der Waals surface area (Å²) in [7, 11) is 0. The summed E-state index contributed by atoms with van der Waals surface area (Å²) in [5.74, 6) is -2.22. The lowest BCUT2D eigenvalue weighted by Gasteiger charge is -2.23. The largest absolute Gasteiger partial charge is 0.480 e. The Hall–Kier alpha value is -2.90. The van der Waals surface area contributed by atoms with E-state index in [1.54, 1.807) is 45.0 Å². The van der Waals surface area contributed by atoms with E-state index in [1.807, 2.05) is 0 Å². The number of amides is 3. The fraction of sp³-hybridized carbons (Fsp3) is 0.412. The average molecular weight is 348 g/mol. The van der Waals surface area contributed by atoms with Gasteiger partial charge in [0.2, 0.25) is 0 Å². The lowest BCUT2D eigenvalue weighted by atomic mass is 10.1. The van der Waals surface area contributed by atoms with E-state index in [0.29, 0.717) is 11.1 Å². The van der Waals surface area contributed by atoms with E-state index in [1.165, 1.54) is 0 Å². The van der Waals surface area contributed by atoms with Crippen LogP contribution in [-0.4, -0.2) is 52.1 Å². The molecule has 0 saturated heterocycles. The number of aliphatic carboxylic acids is 1. The highest BCUT2D eigenvalue weighted by atomic mass is 16.6. The average Bonchev–Trinajstić information content (AvgIpc) is 2.74. The molecule has 0 radical (unpaired) electrons. The molecule has 25 heavy (non-hydrogen) atoms. The van der Waals surface area contributed by atoms with Crippen molar-refractivity contribution in [1.29, 1.82) is 0 Å². The standard InChI is InChI=1S/C17H20N2O6/c1-17(2,3)25-16(24)18-12(15(22)23)8-9-19-13(20)10-6-4-5-7-11(10)14(19)21/h4-7,12H,8-9H2,1-3H3,(H,18,24)(H,22,23). The molecule has 8 nitrogen and oxygen atoms in total. The van der Waals surface area contributed by atoms with Crippen LogP contribution in [0.25, 0.3) is 0 Å². The van der Waals surface area contributed by atoms with Crippen molar-refractivity contribution in [2.75, 3.05) is 6.54 Å². The fourth-order valence-electron chi connectivity index (χ4n) is 2.41. The van der Waals surface area contributed by atoms with Crippen LogP contribution in [0.15, 0.2) is 24.3 Å². The van der Waals surface area contributed by atoms with E-state index in [-0.39, 0.29) is 13.0 Å². The lowest BCUT2D eigenvalue weighted by molar-refractivity contribution is -0.139. The van der Waals surface area contributed by atoms with Crippen molar-refractivity contribution < 1.29 is 29.0 Å². The third-order valence-electron chi connectivity index (χ3n) is 3.51. The molecule has 1 unspecified atom stereocenters. The van der Waals surface area contributed by atoms with E-state index in [2.05, 4.69) is 5.32 Å². The Kier molecular flexibility index (Phi) is 5.10. The molecule has 8 heteroatoms. The topological polar surface area (TPSA) is 113 Å². The predicted octanol–water partition coefficient (Wildman–Crippen LogP) is 1.65. The van der Waals surface area contributed by atoms with Gasteiger partial charge in [-0.2, -0.15) is 0 Å². The predicted molar refractivity (Wildman–Crippen MR) is 87.2 cm³/mol. The van der Waals surface area contributed by atoms with Gasteiger partial charge in [-0.15, -0.1) is 0 Å². The van der Waals surface area contributed by atoms with E-state index in [4.69, 9.17) is 4.74 Å². The van der Waals surface area contributed by atoms with E-state index in [9.17, 15) is 24.3 Å². The number of fused-ring (bicyclic) bond motifs is 1. The highest BCUT2D eigenvalue weighted by Crippen LogP contribution is 2.22. The molecule has 0 aliphatic carbocycles. The minimum atomic E-state index is -1.28. The summed E-state index contributed by atoms with van der Waals surface area (Å²) in [6, 6.07) is 5.11. The van der Waals surface area contributed by atoms with Gasteiger partial charge in [0.15, 0.2) is 0 Å². The summed E-state index contributed by atoms with van der Waals surface area (Å²) < 4.78 is 5.02. The van der Waals surface area contributed by atoms with E-state index >= 15 is 0 Å². The summed E-state index contributed by atoms with van der Waals surface area (Å²) in [5.41, 5.74) is -0.186. The Morgan fingerprint density at radius 2 is 1.68 bits per heavy atom.